The number of benzene rings is 1. The van der Waals surface area contributed by atoms with E-state index in [1.54, 1.807) is 7.05 Å². The molecule has 0 bridgehead atoms. The zero-order chi connectivity index (χ0) is 15.7. The Morgan fingerprint density at radius 3 is 2.59 bits per heavy atom. The third kappa shape index (κ3) is 2.71. The molecule has 3 N–H and O–H groups in total. The topological polar surface area (TPSA) is 88.0 Å². The van der Waals surface area contributed by atoms with Crippen LogP contribution in [0.15, 0.2) is 39.9 Å². The van der Waals surface area contributed by atoms with Gasteiger partial charge < -0.3 is 9.88 Å². The smallest absolute Gasteiger partial charge is 0.329 e. The van der Waals surface area contributed by atoms with Crippen molar-refractivity contribution < 1.29 is 4.90 Å². The number of aryl methyl sites for hydroxylation is 1. The molecule has 0 fully saturated rings. The quantitative estimate of drug-likeness (QED) is 0.587. The zero-order valence-electron chi connectivity index (χ0n) is 12.5. The second-order valence-corrected chi connectivity index (χ2v) is 5.50. The van der Waals surface area contributed by atoms with Gasteiger partial charge in [-0.15, -0.1) is 0 Å². The van der Waals surface area contributed by atoms with Crippen LogP contribution >= 0.6 is 0 Å². The number of imidazole rings is 1. The Morgan fingerprint density at radius 1 is 1.14 bits per heavy atom. The van der Waals surface area contributed by atoms with Crippen LogP contribution in [0.1, 0.15) is 11.4 Å². The van der Waals surface area contributed by atoms with E-state index < -0.39 is 11.2 Å². The van der Waals surface area contributed by atoms with Crippen LogP contribution in [0.5, 0.6) is 0 Å². The van der Waals surface area contributed by atoms with E-state index in [1.807, 2.05) is 18.2 Å². The molecule has 2 heterocycles. The third-order valence-corrected chi connectivity index (χ3v) is 3.62. The summed E-state index contributed by atoms with van der Waals surface area (Å²) in [5, 5.41) is 0. The fourth-order valence-corrected chi connectivity index (χ4v) is 2.53. The van der Waals surface area contributed by atoms with Crippen molar-refractivity contribution in [2.24, 2.45) is 7.05 Å². The Labute approximate surface area is 126 Å². The van der Waals surface area contributed by atoms with Crippen molar-refractivity contribution in [3.8, 4) is 0 Å². The first kappa shape index (κ1) is 14.3. The first-order valence-electron chi connectivity index (χ1n) is 7.07. The fraction of sp³-hybridized carbons (Fsp3) is 0.267. The summed E-state index contributed by atoms with van der Waals surface area (Å²) in [7, 11) is 3.65. The number of H-pyrrole nitrogens is 2. The molecule has 114 valence electrons. The SMILES string of the molecule is Cn1c(=O)[nH]c(=O)c2[nH]c(C[NH+](C)Cc3ccccc3)nc21. The van der Waals surface area contributed by atoms with Crippen LogP contribution in [0.4, 0.5) is 0 Å². The highest BCUT2D eigenvalue weighted by molar-refractivity contribution is 5.69. The van der Waals surface area contributed by atoms with Gasteiger partial charge in [0.25, 0.3) is 5.56 Å². The Bertz CT molecular complexity index is 907. The van der Waals surface area contributed by atoms with Crippen molar-refractivity contribution in [3.05, 3.63) is 62.6 Å². The number of quaternary nitrogens is 1. The number of aromatic nitrogens is 4. The number of nitrogens with zero attached hydrogens (tertiary/aromatic N) is 2. The van der Waals surface area contributed by atoms with E-state index in [9.17, 15) is 9.59 Å². The lowest BCUT2D eigenvalue weighted by Gasteiger charge is -2.12. The number of rotatable bonds is 4. The normalized spacial score (nSPS) is 12.6. The van der Waals surface area contributed by atoms with Crippen molar-refractivity contribution in [2.75, 3.05) is 7.05 Å². The first-order chi connectivity index (χ1) is 10.5. The van der Waals surface area contributed by atoms with Crippen LogP contribution in [0.2, 0.25) is 0 Å². The number of fused-ring (bicyclic) bond motifs is 1. The van der Waals surface area contributed by atoms with Gasteiger partial charge in [-0.25, -0.2) is 9.78 Å². The van der Waals surface area contributed by atoms with E-state index in [4.69, 9.17) is 0 Å². The van der Waals surface area contributed by atoms with E-state index in [1.165, 1.54) is 15.0 Å². The van der Waals surface area contributed by atoms with Gasteiger partial charge in [-0.2, -0.15) is 0 Å². The first-order valence-corrected chi connectivity index (χ1v) is 7.07. The minimum atomic E-state index is -0.458. The standard InChI is InChI=1S/C15H17N5O2/c1-19(8-10-6-4-3-5-7-10)9-11-16-12-13(17-11)20(2)15(22)18-14(12)21/h3-7H,8-9H2,1-2H3,(H,16,17)(H,18,21,22)/p+1. The predicted octanol–water partition coefficient (Wildman–Crippen LogP) is -0.835. The highest BCUT2D eigenvalue weighted by Crippen LogP contribution is 2.02. The Morgan fingerprint density at radius 2 is 1.86 bits per heavy atom. The maximum atomic E-state index is 11.8. The summed E-state index contributed by atoms with van der Waals surface area (Å²) in [4.78, 5) is 34.3. The number of hydrogen-bond donors (Lipinski definition) is 3. The highest BCUT2D eigenvalue weighted by Gasteiger charge is 2.13. The average Bonchev–Trinajstić information content (AvgIpc) is 2.90. The molecule has 0 amide bonds. The maximum Gasteiger partial charge on any atom is 0.329 e. The fourth-order valence-electron chi connectivity index (χ4n) is 2.53. The summed E-state index contributed by atoms with van der Waals surface area (Å²) in [5.74, 6) is 0.690. The number of nitrogens with one attached hydrogen (secondary N) is 3. The van der Waals surface area contributed by atoms with Crippen molar-refractivity contribution in [1.82, 2.24) is 19.5 Å². The summed E-state index contributed by atoms with van der Waals surface area (Å²) >= 11 is 0. The van der Waals surface area contributed by atoms with E-state index in [-0.39, 0.29) is 0 Å². The molecule has 0 aliphatic heterocycles. The minimum Gasteiger partial charge on any atom is -0.331 e. The molecular formula is C15H18N5O2+. The van der Waals surface area contributed by atoms with E-state index >= 15 is 0 Å². The van der Waals surface area contributed by atoms with Gasteiger partial charge in [0.2, 0.25) is 0 Å². The lowest BCUT2D eigenvalue weighted by Crippen LogP contribution is -3.06. The number of hydrogen-bond acceptors (Lipinski definition) is 3. The molecular weight excluding hydrogens is 282 g/mol. The molecule has 0 aliphatic rings. The van der Waals surface area contributed by atoms with Gasteiger partial charge >= 0.3 is 5.69 Å². The molecule has 3 rings (SSSR count). The molecule has 7 heteroatoms. The van der Waals surface area contributed by atoms with Crippen LogP contribution in [-0.4, -0.2) is 26.6 Å². The van der Waals surface area contributed by atoms with Gasteiger partial charge in [0.1, 0.15) is 18.6 Å². The molecule has 0 radical (unpaired) electrons. The van der Waals surface area contributed by atoms with Crippen molar-refractivity contribution >= 4 is 11.2 Å². The summed E-state index contributed by atoms with van der Waals surface area (Å²) in [6.45, 7) is 1.49. The Balaban J connectivity index is 1.85. The van der Waals surface area contributed by atoms with Gasteiger partial charge in [-0.1, -0.05) is 30.3 Å². The molecule has 0 aliphatic carbocycles. The zero-order valence-corrected chi connectivity index (χ0v) is 12.5. The second kappa shape index (κ2) is 5.61. The van der Waals surface area contributed by atoms with Gasteiger partial charge in [0.15, 0.2) is 11.5 Å². The van der Waals surface area contributed by atoms with Crippen LogP contribution in [-0.2, 0) is 20.1 Å². The Kier molecular flexibility index (Phi) is 3.64. The lowest BCUT2D eigenvalue weighted by molar-refractivity contribution is -0.908. The largest absolute Gasteiger partial charge is 0.331 e. The van der Waals surface area contributed by atoms with Gasteiger partial charge in [0, 0.05) is 12.6 Å². The van der Waals surface area contributed by atoms with E-state index in [2.05, 4.69) is 34.1 Å². The second-order valence-electron chi connectivity index (χ2n) is 5.50. The predicted molar refractivity (Wildman–Crippen MR) is 82.7 cm³/mol. The number of aromatic amines is 2. The third-order valence-electron chi connectivity index (χ3n) is 3.62. The van der Waals surface area contributed by atoms with Crippen molar-refractivity contribution in [3.63, 3.8) is 0 Å². The van der Waals surface area contributed by atoms with E-state index in [0.717, 1.165) is 6.54 Å². The molecule has 2 aromatic heterocycles. The molecule has 22 heavy (non-hydrogen) atoms. The Hall–Kier alpha value is -2.67. The van der Waals surface area contributed by atoms with Crippen LogP contribution in [0.25, 0.3) is 11.2 Å². The molecule has 0 spiro atoms. The van der Waals surface area contributed by atoms with Crippen molar-refractivity contribution in [1.29, 1.82) is 0 Å². The minimum absolute atomic E-state index is 0.338. The monoisotopic (exact) mass is 300 g/mol. The van der Waals surface area contributed by atoms with Gasteiger partial charge in [0.05, 0.1) is 7.05 Å². The average molecular weight is 300 g/mol. The molecule has 1 atom stereocenters. The molecule has 0 saturated heterocycles. The molecule has 1 unspecified atom stereocenters. The van der Waals surface area contributed by atoms with Crippen LogP contribution < -0.4 is 16.1 Å². The molecule has 0 saturated carbocycles. The molecule has 3 aromatic rings. The molecule has 7 nitrogen and oxygen atoms in total. The summed E-state index contributed by atoms with van der Waals surface area (Å²) in [5.41, 5.74) is 1.07. The van der Waals surface area contributed by atoms with Crippen molar-refractivity contribution in [2.45, 2.75) is 13.1 Å². The van der Waals surface area contributed by atoms with Gasteiger partial charge in [-0.05, 0) is 0 Å². The summed E-state index contributed by atoms with van der Waals surface area (Å²) < 4.78 is 1.34. The lowest BCUT2D eigenvalue weighted by atomic mass is 10.2. The summed E-state index contributed by atoms with van der Waals surface area (Å²) in [6.07, 6.45) is 0. The maximum absolute atomic E-state index is 11.8. The van der Waals surface area contributed by atoms with Gasteiger partial charge in [-0.3, -0.25) is 14.3 Å². The van der Waals surface area contributed by atoms with Crippen LogP contribution in [0, 0.1) is 0 Å². The van der Waals surface area contributed by atoms with Crippen LogP contribution in [0.3, 0.4) is 0 Å². The summed E-state index contributed by atoms with van der Waals surface area (Å²) in [6, 6.07) is 10.2. The molecule has 1 aromatic carbocycles. The van der Waals surface area contributed by atoms with E-state index in [0.29, 0.717) is 23.5 Å². The highest BCUT2D eigenvalue weighted by atomic mass is 16.2.